The fourth-order valence-electron chi connectivity index (χ4n) is 4.47. The molecule has 2 aliphatic carbocycles. The summed E-state index contributed by atoms with van der Waals surface area (Å²) in [6.45, 7) is 11.0. The summed E-state index contributed by atoms with van der Waals surface area (Å²) in [6.07, 6.45) is 7.54. The molecule has 0 bridgehead atoms. The summed E-state index contributed by atoms with van der Waals surface area (Å²) in [5.74, 6) is 1.21. The van der Waals surface area contributed by atoms with Crippen molar-refractivity contribution in [3.8, 4) is 0 Å². The second kappa shape index (κ2) is 3.72. The first-order chi connectivity index (χ1) is 7.42. The van der Waals surface area contributed by atoms with Crippen molar-refractivity contribution in [2.45, 2.75) is 52.9 Å². The largest absolute Gasteiger partial charge is 0.299 e. The highest BCUT2D eigenvalue weighted by Gasteiger charge is 2.53. The van der Waals surface area contributed by atoms with Crippen LogP contribution in [-0.2, 0) is 4.79 Å². The summed E-state index contributed by atoms with van der Waals surface area (Å²) >= 11 is 0. The van der Waals surface area contributed by atoms with Crippen molar-refractivity contribution in [3.63, 3.8) is 0 Å². The minimum atomic E-state index is 0.103. The molecule has 0 aliphatic heterocycles. The van der Waals surface area contributed by atoms with E-state index < -0.39 is 0 Å². The molecule has 0 N–H and O–H groups in total. The van der Waals surface area contributed by atoms with Crippen LogP contribution in [0.15, 0.2) is 12.7 Å². The Hall–Kier alpha value is -0.590. The maximum absolute atomic E-state index is 12.0. The van der Waals surface area contributed by atoms with Crippen molar-refractivity contribution in [1.29, 1.82) is 0 Å². The smallest absolute Gasteiger partial charge is 0.140 e. The first-order valence-electron chi connectivity index (χ1n) is 6.57. The van der Waals surface area contributed by atoms with Crippen molar-refractivity contribution in [2.75, 3.05) is 0 Å². The van der Waals surface area contributed by atoms with E-state index in [1.165, 1.54) is 19.3 Å². The van der Waals surface area contributed by atoms with Gasteiger partial charge < -0.3 is 0 Å². The highest BCUT2D eigenvalue weighted by molar-refractivity contribution is 5.84. The fourth-order valence-corrected chi connectivity index (χ4v) is 4.47. The number of fused-ring (bicyclic) bond motifs is 1. The van der Waals surface area contributed by atoms with Crippen LogP contribution in [0.2, 0.25) is 0 Å². The normalized spacial score (nSPS) is 42.6. The third-order valence-corrected chi connectivity index (χ3v) is 5.25. The van der Waals surface area contributed by atoms with Gasteiger partial charge in [-0.2, -0.15) is 0 Å². The zero-order chi connectivity index (χ0) is 12.0. The van der Waals surface area contributed by atoms with Gasteiger partial charge in [0.15, 0.2) is 0 Å². The molecule has 0 amide bonds. The number of allylic oxidation sites excluding steroid dienone is 1. The summed E-state index contributed by atoms with van der Waals surface area (Å²) < 4.78 is 0. The molecule has 2 aliphatic rings. The van der Waals surface area contributed by atoms with Crippen LogP contribution in [0, 0.1) is 22.7 Å². The molecule has 3 atom stereocenters. The van der Waals surface area contributed by atoms with Gasteiger partial charge in [0.2, 0.25) is 0 Å². The maximum Gasteiger partial charge on any atom is 0.140 e. The van der Waals surface area contributed by atoms with E-state index in [2.05, 4.69) is 27.4 Å². The van der Waals surface area contributed by atoms with Crippen molar-refractivity contribution in [2.24, 2.45) is 22.7 Å². The molecule has 2 saturated carbocycles. The Kier molecular flexibility index (Phi) is 2.76. The maximum atomic E-state index is 12.0. The molecular formula is C15H24O. The van der Waals surface area contributed by atoms with Gasteiger partial charge in [-0.05, 0) is 36.0 Å². The zero-order valence-electron chi connectivity index (χ0n) is 10.9. The second-order valence-electron chi connectivity index (χ2n) is 6.62. The Bertz CT molecular complexity index is 315. The van der Waals surface area contributed by atoms with E-state index in [1.54, 1.807) is 0 Å². The predicted molar refractivity (Wildman–Crippen MR) is 67.2 cm³/mol. The molecule has 90 valence electrons. The number of Topliss-reactive ketones (excluding diaryl/α,β-unsaturated/α-hetero) is 1. The molecule has 1 heteroatoms. The van der Waals surface area contributed by atoms with Gasteiger partial charge >= 0.3 is 0 Å². The molecule has 0 unspecified atom stereocenters. The highest BCUT2D eigenvalue weighted by atomic mass is 16.1. The van der Waals surface area contributed by atoms with Crippen LogP contribution in [-0.4, -0.2) is 5.78 Å². The van der Waals surface area contributed by atoms with Crippen LogP contribution >= 0.6 is 0 Å². The van der Waals surface area contributed by atoms with Crippen LogP contribution in [0.25, 0.3) is 0 Å². The lowest BCUT2D eigenvalue weighted by Crippen LogP contribution is -2.51. The van der Waals surface area contributed by atoms with Crippen molar-refractivity contribution in [3.05, 3.63) is 12.7 Å². The SMILES string of the molecule is C=C[C@H]1C(=O)CC[C@H]2C(C)(C)CCC[C@]12C. The molecule has 16 heavy (non-hydrogen) atoms. The van der Waals surface area contributed by atoms with Crippen molar-refractivity contribution >= 4 is 5.78 Å². The summed E-state index contributed by atoms with van der Waals surface area (Å²) in [4.78, 5) is 12.0. The number of ketones is 1. The van der Waals surface area contributed by atoms with Gasteiger partial charge in [-0.15, -0.1) is 6.58 Å². The Morgan fingerprint density at radius 2 is 2.00 bits per heavy atom. The number of rotatable bonds is 1. The minimum absolute atomic E-state index is 0.103. The fraction of sp³-hybridized carbons (Fsp3) is 0.800. The van der Waals surface area contributed by atoms with Crippen LogP contribution < -0.4 is 0 Å². The quantitative estimate of drug-likeness (QED) is 0.611. The summed E-state index contributed by atoms with van der Waals surface area (Å²) in [6, 6.07) is 0. The number of hydrogen-bond acceptors (Lipinski definition) is 1. The predicted octanol–water partition coefficient (Wildman–Crippen LogP) is 3.98. The lowest BCUT2D eigenvalue weighted by atomic mass is 9.48. The molecule has 2 rings (SSSR count). The van der Waals surface area contributed by atoms with Gasteiger partial charge in [-0.25, -0.2) is 0 Å². The van der Waals surface area contributed by atoms with Gasteiger partial charge in [-0.1, -0.05) is 33.3 Å². The van der Waals surface area contributed by atoms with E-state index in [9.17, 15) is 4.79 Å². The summed E-state index contributed by atoms with van der Waals surface area (Å²) in [7, 11) is 0. The molecule has 0 aromatic heterocycles. The van der Waals surface area contributed by atoms with Gasteiger partial charge in [0.1, 0.15) is 5.78 Å². The molecule has 0 saturated heterocycles. The Balaban J connectivity index is 2.38. The molecular weight excluding hydrogens is 196 g/mol. The molecule has 0 aromatic carbocycles. The van der Waals surface area contributed by atoms with E-state index in [-0.39, 0.29) is 11.3 Å². The van der Waals surface area contributed by atoms with E-state index >= 15 is 0 Å². The van der Waals surface area contributed by atoms with Gasteiger partial charge in [-0.3, -0.25) is 4.79 Å². The molecule has 0 spiro atoms. The van der Waals surface area contributed by atoms with Crippen LogP contribution in [0.3, 0.4) is 0 Å². The standard InChI is InChI=1S/C15H24O/c1-5-11-12(16)7-8-13-14(2,3)9-6-10-15(11,13)4/h5,11,13H,1,6-10H2,2-4H3/t11-,13-,15+/m0/s1. The Morgan fingerprint density at radius 3 is 2.62 bits per heavy atom. The zero-order valence-corrected chi connectivity index (χ0v) is 10.9. The third kappa shape index (κ3) is 1.56. The van der Waals surface area contributed by atoms with Crippen LogP contribution in [0.5, 0.6) is 0 Å². The summed E-state index contributed by atoms with van der Waals surface area (Å²) in [5, 5.41) is 0. The number of carbonyl (C=O) groups is 1. The summed E-state index contributed by atoms with van der Waals surface area (Å²) in [5.41, 5.74) is 0.577. The first kappa shape index (κ1) is 11.9. The monoisotopic (exact) mass is 220 g/mol. The molecule has 0 aromatic rings. The van der Waals surface area contributed by atoms with Crippen molar-refractivity contribution < 1.29 is 4.79 Å². The lowest BCUT2D eigenvalue weighted by molar-refractivity contribution is -0.138. The third-order valence-electron chi connectivity index (χ3n) is 5.25. The van der Waals surface area contributed by atoms with Gasteiger partial charge in [0.25, 0.3) is 0 Å². The lowest BCUT2D eigenvalue weighted by Gasteiger charge is -2.56. The first-order valence-corrected chi connectivity index (χ1v) is 6.57. The molecule has 0 heterocycles. The Labute approximate surface area is 99.3 Å². The number of carbonyl (C=O) groups excluding carboxylic acids is 1. The topological polar surface area (TPSA) is 17.1 Å². The van der Waals surface area contributed by atoms with Crippen LogP contribution in [0.4, 0.5) is 0 Å². The van der Waals surface area contributed by atoms with Crippen LogP contribution in [0.1, 0.15) is 52.9 Å². The van der Waals surface area contributed by atoms with Crippen molar-refractivity contribution in [1.82, 2.24) is 0 Å². The van der Waals surface area contributed by atoms with Gasteiger partial charge in [0.05, 0.1) is 0 Å². The van der Waals surface area contributed by atoms with E-state index in [0.29, 0.717) is 17.1 Å². The van der Waals surface area contributed by atoms with E-state index in [1.807, 2.05) is 6.08 Å². The molecule has 0 radical (unpaired) electrons. The number of hydrogen-bond donors (Lipinski definition) is 0. The molecule has 2 fully saturated rings. The highest BCUT2D eigenvalue weighted by Crippen LogP contribution is 2.59. The van der Waals surface area contributed by atoms with E-state index in [4.69, 9.17) is 0 Å². The average molecular weight is 220 g/mol. The van der Waals surface area contributed by atoms with E-state index in [0.717, 1.165) is 12.8 Å². The Morgan fingerprint density at radius 1 is 1.31 bits per heavy atom. The van der Waals surface area contributed by atoms with Gasteiger partial charge in [0, 0.05) is 12.3 Å². The molecule has 1 nitrogen and oxygen atoms in total. The average Bonchev–Trinajstić information content (AvgIpc) is 2.15. The second-order valence-corrected chi connectivity index (χ2v) is 6.62. The minimum Gasteiger partial charge on any atom is -0.299 e.